The molecule has 44 heavy (non-hydrogen) atoms. The maximum Gasteiger partial charge on any atom is 0.326 e. The molecular formula is C29H25BrCl2N6O6. The number of hydrogen-bond acceptors (Lipinski definition) is 7. The molecule has 0 aliphatic rings. The molecular weight excluding hydrogens is 679 g/mol. The molecule has 0 saturated carbocycles. The highest BCUT2D eigenvalue weighted by Crippen LogP contribution is 2.28. The van der Waals surface area contributed by atoms with Crippen molar-refractivity contribution in [2.24, 2.45) is 0 Å². The number of benzene rings is 2. The molecule has 0 unspecified atom stereocenters. The van der Waals surface area contributed by atoms with E-state index < -0.39 is 35.8 Å². The number of aromatic hydroxyl groups is 1. The third kappa shape index (κ3) is 7.73. The number of rotatable bonds is 10. The lowest BCUT2D eigenvalue weighted by Gasteiger charge is -2.20. The fourth-order valence-corrected chi connectivity index (χ4v) is 5.03. The molecule has 2 aromatic heterocycles. The summed E-state index contributed by atoms with van der Waals surface area (Å²) in [6.07, 6.45) is 1.44. The first-order valence-corrected chi connectivity index (χ1v) is 14.5. The Balaban J connectivity index is 1.53. The lowest BCUT2D eigenvalue weighted by Crippen LogP contribution is -2.51. The summed E-state index contributed by atoms with van der Waals surface area (Å²) in [5.74, 6) is -3.20. The van der Waals surface area contributed by atoms with Gasteiger partial charge in [0.1, 0.15) is 28.1 Å². The van der Waals surface area contributed by atoms with Gasteiger partial charge in [-0.25, -0.2) is 14.5 Å². The summed E-state index contributed by atoms with van der Waals surface area (Å²) >= 11 is 15.8. The number of pyridine rings is 1. The Bertz CT molecular complexity index is 1750. The number of hydrogen-bond donors (Lipinski definition) is 5. The van der Waals surface area contributed by atoms with Crippen molar-refractivity contribution >= 4 is 68.5 Å². The third-order valence-corrected chi connectivity index (χ3v) is 7.27. The van der Waals surface area contributed by atoms with E-state index in [0.29, 0.717) is 15.7 Å². The standard InChI is InChI=1S/C29H25BrCl2N6O6/c1-14-10-17(31)12-19(24(14)36-28(42)22-13-23(30)37-38(22)25-20(32)4-3-9-33-25)27(41)34-15(2)26(40)35-21(29(43)44)11-16-5-7-18(39)8-6-16/h3-10,12-13,15,21,39H,11H2,1-2H3,(H,34,41)(H,35,40)(H,36,42)(H,43,44)/t15-,21-/m0/s1. The number of phenols is 1. The third-order valence-electron chi connectivity index (χ3n) is 6.37. The van der Waals surface area contributed by atoms with E-state index in [0.717, 1.165) is 0 Å². The molecule has 15 heteroatoms. The number of carboxylic acids is 1. The van der Waals surface area contributed by atoms with Crippen LogP contribution in [0.5, 0.6) is 5.75 Å². The molecule has 0 saturated heterocycles. The van der Waals surface area contributed by atoms with Gasteiger partial charge in [0.2, 0.25) is 5.91 Å². The summed E-state index contributed by atoms with van der Waals surface area (Å²) in [4.78, 5) is 55.8. The van der Waals surface area contributed by atoms with Crippen molar-refractivity contribution in [2.75, 3.05) is 5.32 Å². The number of carboxylic acid groups (broad SMARTS) is 1. The molecule has 5 N–H and O–H groups in total. The van der Waals surface area contributed by atoms with Crippen LogP contribution in [0.3, 0.4) is 0 Å². The molecule has 0 fully saturated rings. The smallest absolute Gasteiger partial charge is 0.326 e. The molecule has 2 heterocycles. The SMILES string of the molecule is Cc1cc(Cl)cc(C(=O)N[C@@H](C)C(=O)N[C@@H](Cc2ccc(O)cc2)C(=O)O)c1NC(=O)c1cc(Br)nn1-c1ncccc1Cl. The molecule has 0 aliphatic heterocycles. The monoisotopic (exact) mass is 702 g/mol. The van der Waals surface area contributed by atoms with E-state index >= 15 is 0 Å². The number of aromatic nitrogens is 3. The number of carbonyl (C=O) groups is 4. The molecule has 4 rings (SSSR count). The van der Waals surface area contributed by atoms with Gasteiger partial charge in [0.15, 0.2) is 5.82 Å². The van der Waals surface area contributed by atoms with Crippen LogP contribution in [0.25, 0.3) is 5.82 Å². The zero-order chi connectivity index (χ0) is 32.1. The Kier molecular flexibility index (Phi) is 10.2. The fourth-order valence-electron chi connectivity index (χ4n) is 4.18. The Morgan fingerprint density at radius 3 is 2.39 bits per heavy atom. The lowest BCUT2D eigenvalue weighted by atomic mass is 10.0. The number of nitrogens with one attached hydrogen (secondary N) is 3. The van der Waals surface area contributed by atoms with Gasteiger partial charge < -0.3 is 26.2 Å². The maximum atomic E-state index is 13.5. The second kappa shape index (κ2) is 13.9. The van der Waals surface area contributed by atoms with Gasteiger partial charge in [-0.1, -0.05) is 35.3 Å². The number of aryl methyl sites for hydroxylation is 1. The fraction of sp³-hybridized carbons (Fsp3) is 0.172. The minimum absolute atomic E-state index is 0.0175. The maximum absolute atomic E-state index is 13.5. The lowest BCUT2D eigenvalue weighted by molar-refractivity contribution is -0.142. The summed E-state index contributed by atoms with van der Waals surface area (Å²) in [7, 11) is 0. The van der Waals surface area contributed by atoms with Crippen LogP contribution in [-0.2, 0) is 16.0 Å². The number of nitrogens with zero attached hydrogens (tertiary/aromatic N) is 3. The molecule has 0 radical (unpaired) electrons. The van der Waals surface area contributed by atoms with Gasteiger partial charge >= 0.3 is 5.97 Å². The molecule has 2 aromatic carbocycles. The molecule has 0 bridgehead atoms. The Hall–Kier alpha value is -4.46. The van der Waals surface area contributed by atoms with E-state index in [4.69, 9.17) is 23.2 Å². The summed E-state index contributed by atoms with van der Waals surface area (Å²) in [5.41, 5.74) is 1.16. The van der Waals surface area contributed by atoms with Gasteiger partial charge in [0.25, 0.3) is 11.8 Å². The van der Waals surface area contributed by atoms with Crippen LogP contribution in [0.4, 0.5) is 5.69 Å². The number of amides is 3. The van der Waals surface area contributed by atoms with Crippen LogP contribution < -0.4 is 16.0 Å². The zero-order valence-electron chi connectivity index (χ0n) is 23.1. The number of carbonyl (C=O) groups excluding carboxylic acids is 3. The first-order valence-electron chi connectivity index (χ1n) is 12.9. The summed E-state index contributed by atoms with van der Waals surface area (Å²) < 4.78 is 1.58. The van der Waals surface area contributed by atoms with Gasteiger partial charge in [0, 0.05) is 23.7 Å². The van der Waals surface area contributed by atoms with E-state index in [-0.39, 0.29) is 45.0 Å². The topological polar surface area (TPSA) is 176 Å². The van der Waals surface area contributed by atoms with Crippen LogP contribution in [0, 0.1) is 6.92 Å². The van der Waals surface area contributed by atoms with Crippen molar-refractivity contribution in [3.05, 3.63) is 97.8 Å². The number of aliphatic carboxylic acids is 1. The van der Waals surface area contributed by atoms with E-state index in [1.165, 1.54) is 54.2 Å². The zero-order valence-corrected chi connectivity index (χ0v) is 26.2. The van der Waals surface area contributed by atoms with Crippen molar-refractivity contribution in [1.29, 1.82) is 0 Å². The van der Waals surface area contributed by atoms with E-state index in [9.17, 15) is 29.4 Å². The molecule has 228 valence electrons. The van der Waals surface area contributed by atoms with Crippen molar-refractivity contribution in [3.8, 4) is 11.6 Å². The van der Waals surface area contributed by atoms with Crippen LogP contribution in [-0.4, -0.2) is 60.8 Å². The van der Waals surface area contributed by atoms with E-state index in [1.54, 1.807) is 25.1 Å². The van der Waals surface area contributed by atoms with Gasteiger partial charge in [-0.15, -0.1) is 0 Å². The second-order valence-corrected chi connectivity index (χ2v) is 11.3. The first-order chi connectivity index (χ1) is 20.8. The quantitative estimate of drug-likeness (QED) is 0.160. The van der Waals surface area contributed by atoms with Crippen LogP contribution in [0.2, 0.25) is 10.0 Å². The minimum Gasteiger partial charge on any atom is -0.508 e. The number of halogens is 3. The van der Waals surface area contributed by atoms with Crippen LogP contribution >= 0.6 is 39.1 Å². The Morgan fingerprint density at radius 1 is 1.02 bits per heavy atom. The Labute approximate surface area is 269 Å². The normalized spacial score (nSPS) is 12.2. The highest BCUT2D eigenvalue weighted by Gasteiger charge is 2.27. The molecule has 4 aromatic rings. The summed E-state index contributed by atoms with van der Waals surface area (Å²) in [5, 5.41) is 31.5. The average molecular weight is 704 g/mol. The summed E-state index contributed by atoms with van der Waals surface area (Å²) in [6.45, 7) is 3.02. The van der Waals surface area contributed by atoms with Gasteiger partial charge in [0.05, 0.1) is 16.3 Å². The van der Waals surface area contributed by atoms with Crippen molar-refractivity contribution < 1.29 is 29.4 Å². The molecule has 3 amide bonds. The molecule has 2 atom stereocenters. The highest BCUT2D eigenvalue weighted by molar-refractivity contribution is 9.10. The highest BCUT2D eigenvalue weighted by atomic mass is 79.9. The van der Waals surface area contributed by atoms with Crippen molar-refractivity contribution in [1.82, 2.24) is 25.4 Å². The van der Waals surface area contributed by atoms with Gasteiger partial charge in [-0.05, 0) is 77.3 Å². The largest absolute Gasteiger partial charge is 0.508 e. The molecule has 0 spiro atoms. The van der Waals surface area contributed by atoms with Crippen LogP contribution in [0.15, 0.2) is 65.4 Å². The molecule has 0 aliphatic carbocycles. The number of anilines is 1. The van der Waals surface area contributed by atoms with E-state index in [2.05, 4.69) is 42.0 Å². The van der Waals surface area contributed by atoms with Crippen molar-refractivity contribution in [2.45, 2.75) is 32.4 Å². The minimum atomic E-state index is -1.30. The van der Waals surface area contributed by atoms with Crippen LogP contribution in [0.1, 0.15) is 38.9 Å². The van der Waals surface area contributed by atoms with Gasteiger partial charge in [-0.3, -0.25) is 14.4 Å². The Morgan fingerprint density at radius 2 is 1.73 bits per heavy atom. The number of phenolic OH excluding ortho intramolecular Hbond substituents is 1. The van der Waals surface area contributed by atoms with Crippen molar-refractivity contribution in [3.63, 3.8) is 0 Å². The molecule has 12 nitrogen and oxygen atoms in total. The second-order valence-electron chi connectivity index (χ2n) is 9.64. The predicted octanol–water partition coefficient (Wildman–Crippen LogP) is 4.53. The van der Waals surface area contributed by atoms with E-state index in [1.807, 2.05) is 0 Å². The van der Waals surface area contributed by atoms with Gasteiger partial charge in [-0.2, -0.15) is 5.10 Å². The summed E-state index contributed by atoms with van der Waals surface area (Å²) in [6, 6.07) is 11.0. The predicted molar refractivity (Wildman–Crippen MR) is 167 cm³/mol. The average Bonchev–Trinajstić information content (AvgIpc) is 3.36. The first kappa shape index (κ1) is 32.5.